The van der Waals surface area contributed by atoms with Gasteiger partial charge in [-0.1, -0.05) is 32.0 Å². The van der Waals surface area contributed by atoms with Gasteiger partial charge in [0.05, 0.1) is 35.3 Å². The molecule has 0 aliphatic carbocycles. The quantitative estimate of drug-likeness (QED) is 0.467. The zero-order valence-electron chi connectivity index (χ0n) is 23.3. The van der Waals surface area contributed by atoms with Gasteiger partial charge in [-0.05, 0) is 63.5 Å². The molecule has 2 amide bonds. The molecule has 4 rings (SSSR count). The molecule has 204 valence electrons. The smallest absolute Gasteiger partial charge is 0.450 e. The Bertz CT molecular complexity index is 1310. The van der Waals surface area contributed by atoms with E-state index in [1.54, 1.807) is 17.0 Å². The lowest BCUT2D eigenvalue weighted by Gasteiger charge is -2.32. The van der Waals surface area contributed by atoms with Crippen LogP contribution in [0.25, 0.3) is 10.9 Å². The Hall–Kier alpha value is -3.12. The van der Waals surface area contributed by atoms with Gasteiger partial charge in [-0.15, -0.1) is 0 Å². The number of rotatable bonds is 5. The number of hydrogen-bond donors (Lipinski definition) is 1. The van der Waals surface area contributed by atoms with Crippen molar-refractivity contribution in [3.8, 4) is 0 Å². The Morgan fingerprint density at radius 1 is 1.21 bits per heavy atom. The lowest BCUT2D eigenvalue weighted by Crippen LogP contribution is -2.41. The minimum Gasteiger partial charge on any atom is -0.450 e. The van der Waals surface area contributed by atoms with Crippen LogP contribution in [-0.4, -0.2) is 64.9 Å². The summed E-state index contributed by atoms with van der Waals surface area (Å²) in [7, 11) is 0.602. The zero-order chi connectivity index (χ0) is 28.0. The summed E-state index contributed by atoms with van der Waals surface area (Å²) in [6.45, 7) is 14.1. The fourth-order valence-corrected chi connectivity index (χ4v) is 4.79. The van der Waals surface area contributed by atoms with Gasteiger partial charge >= 0.3 is 13.2 Å². The van der Waals surface area contributed by atoms with Crippen LogP contribution in [0.2, 0.25) is 0 Å². The Morgan fingerprint density at radius 3 is 2.47 bits per heavy atom. The fourth-order valence-electron chi connectivity index (χ4n) is 4.79. The van der Waals surface area contributed by atoms with E-state index in [2.05, 4.69) is 19.9 Å². The van der Waals surface area contributed by atoms with Crippen molar-refractivity contribution in [2.45, 2.75) is 78.2 Å². The number of azo groups is 1. The highest BCUT2D eigenvalue weighted by atomic mass is 16.7. The molecule has 2 aliphatic rings. The van der Waals surface area contributed by atoms with E-state index in [4.69, 9.17) is 14.3 Å². The van der Waals surface area contributed by atoms with Crippen LogP contribution in [0.15, 0.2) is 33.2 Å². The number of aromatic amines is 1. The molecule has 38 heavy (non-hydrogen) atoms. The topological polar surface area (TPSA) is 136 Å². The van der Waals surface area contributed by atoms with Crippen LogP contribution in [0.5, 0.6) is 0 Å². The molecule has 2 fully saturated rings. The van der Waals surface area contributed by atoms with Gasteiger partial charge in [0.15, 0.2) is 6.04 Å². The van der Waals surface area contributed by atoms with E-state index in [-0.39, 0.29) is 23.3 Å². The zero-order valence-corrected chi connectivity index (χ0v) is 23.3. The molecule has 1 aromatic heterocycles. The normalized spacial score (nSPS) is 23.5. The Morgan fingerprint density at radius 2 is 1.87 bits per heavy atom. The third kappa shape index (κ3) is 5.24. The third-order valence-electron chi connectivity index (χ3n) is 7.70. The lowest BCUT2D eigenvalue weighted by molar-refractivity contribution is -0.134. The number of carbonyl (C=O) groups is 2. The van der Waals surface area contributed by atoms with E-state index in [0.29, 0.717) is 29.7 Å². The number of nitrogens with one attached hydrogen (secondary N) is 1. The molecule has 3 heterocycles. The summed E-state index contributed by atoms with van der Waals surface area (Å²) in [5.74, 6) is 0.113. The van der Waals surface area contributed by atoms with Gasteiger partial charge < -0.3 is 23.9 Å². The number of ether oxygens (including phenoxy) is 1. The van der Waals surface area contributed by atoms with Gasteiger partial charge in [0.25, 0.3) is 5.56 Å². The van der Waals surface area contributed by atoms with Crippen LogP contribution in [0.1, 0.15) is 66.8 Å². The van der Waals surface area contributed by atoms with Crippen LogP contribution in [0, 0.1) is 11.8 Å². The van der Waals surface area contributed by atoms with Gasteiger partial charge in [-0.2, -0.15) is 5.11 Å². The maximum Gasteiger partial charge on any atom is 0.494 e. The van der Waals surface area contributed by atoms with E-state index in [9.17, 15) is 14.4 Å². The molecule has 12 heteroatoms. The summed E-state index contributed by atoms with van der Waals surface area (Å²) in [5, 5.41) is 7.89. The lowest BCUT2D eigenvalue weighted by atomic mass is 9.78. The molecule has 11 nitrogen and oxygen atoms in total. The Balaban J connectivity index is 1.64. The number of nitrogens with zero attached hydrogens (tertiary/aromatic N) is 4. The SMILES string of the molecule is COC(=O)N=N[C@H](C(=O)N1CC(C)C[C@H]1c1nc2ccc(B3OC(C)(C)C(C)(C)O3)cc2c(=O)[nH]1)C(C)C. The average Bonchev–Trinajstić information content (AvgIpc) is 3.33. The van der Waals surface area contributed by atoms with Crippen molar-refractivity contribution >= 4 is 35.5 Å². The summed E-state index contributed by atoms with van der Waals surface area (Å²) in [4.78, 5) is 47.6. The summed E-state index contributed by atoms with van der Waals surface area (Å²) < 4.78 is 16.8. The van der Waals surface area contributed by atoms with Crippen LogP contribution >= 0.6 is 0 Å². The molecule has 2 aliphatic heterocycles. The van der Waals surface area contributed by atoms with E-state index in [1.165, 1.54) is 7.11 Å². The van der Waals surface area contributed by atoms with Crippen molar-refractivity contribution in [1.29, 1.82) is 0 Å². The van der Waals surface area contributed by atoms with Crippen molar-refractivity contribution in [1.82, 2.24) is 14.9 Å². The van der Waals surface area contributed by atoms with Crippen molar-refractivity contribution in [3.63, 3.8) is 0 Å². The number of amides is 2. The average molecular weight is 525 g/mol. The second kappa shape index (κ2) is 10.2. The van der Waals surface area contributed by atoms with E-state index < -0.39 is 36.5 Å². The number of methoxy groups -OCH3 is 1. The first kappa shape index (κ1) is 27.9. The highest BCUT2D eigenvalue weighted by Crippen LogP contribution is 2.37. The largest absolute Gasteiger partial charge is 0.494 e. The molecule has 0 saturated carbocycles. The van der Waals surface area contributed by atoms with Crippen molar-refractivity contribution in [2.75, 3.05) is 13.7 Å². The van der Waals surface area contributed by atoms with Crippen molar-refractivity contribution < 1.29 is 23.6 Å². The number of hydrogen-bond acceptors (Lipinski definition) is 8. The van der Waals surface area contributed by atoms with Crippen molar-refractivity contribution in [2.24, 2.45) is 22.1 Å². The second-order valence-electron chi connectivity index (χ2n) is 11.5. The minimum absolute atomic E-state index is 0.182. The number of likely N-dealkylation sites (tertiary alicyclic amines) is 1. The maximum atomic E-state index is 13.5. The molecule has 3 atom stereocenters. The third-order valence-corrected chi connectivity index (χ3v) is 7.70. The predicted octanol–water partition coefficient (Wildman–Crippen LogP) is 3.38. The standard InChI is InChI=1S/C26H36BN5O6/c1-14(2)20(30-31-24(35)36-8)23(34)32-13-15(3)11-19(32)21-28-18-10-9-16(12-17(18)22(33)29-21)27-37-25(4,5)26(6,7)38-27/h9-10,12,14-15,19-20H,11,13H2,1-8H3,(H,28,29,33)/t15?,19-,20-/m0/s1. The molecule has 1 N–H and O–H groups in total. The van der Waals surface area contributed by atoms with Gasteiger partial charge in [0.1, 0.15) is 5.82 Å². The van der Waals surface area contributed by atoms with Crippen LogP contribution in [0.4, 0.5) is 4.79 Å². The van der Waals surface area contributed by atoms with Crippen molar-refractivity contribution in [3.05, 3.63) is 34.4 Å². The monoisotopic (exact) mass is 525 g/mol. The minimum atomic E-state index is -0.866. The highest BCUT2D eigenvalue weighted by molar-refractivity contribution is 6.62. The Labute approximate surface area is 222 Å². The maximum absolute atomic E-state index is 13.5. The number of aromatic nitrogens is 2. The van der Waals surface area contributed by atoms with Gasteiger partial charge in [-0.3, -0.25) is 9.59 Å². The number of fused-ring (bicyclic) bond motifs is 1. The summed E-state index contributed by atoms with van der Waals surface area (Å²) in [6.07, 6.45) is -0.235. The van der Waals surface area contributed by atoms with Crippen LogP contribution in [-0.2, 0) is 18.8 Å². The molecular formula is C26H36BN5O6. The fraction of sp³-hybridized carbons (Fsp3) is 0.615. The van der Waals surface area contributed by atoms with Gasteiger partial charge in [-0.25, -0.2) is 9.78 Å². The molecule has 1 unspecified atom stereocenters. The first-order valence-electron chi connectivity index (χ1n) is 12.9. The molecule has 1 aromatic carbocycles. The molecule has 2 saturated heterocycles. The van der Waals surface area contributed by atoms with E-state index in [1.807, 2.05) is 54.5 Å². The number of H-pyrrole nitrogens is 1. The van der Waals surface area contributed by atoms with Gasteiger partial charge in [0.2, 0.25) is 5.91 Å². The molecular weight excluding hydrogens is 489 g/mol. The molecule has 0 bridgehead atoms. The molecule has 0 spiro atoms. The first-order valence-corrected chi connectivity index (χ1v) is 12.9. The summed E-state index contributed by atoms with van der Waals surface area (Å²) in [6, 6.07) is 4.07. The summed E-state index contributed by atoms with van der Waals surface area (Å²) in [5.41, 5.74) is -0.0534. The van der Waals surface area contributed by atoms with E-state index in [0.717, 1.165) is 5.46 Å². The molecule has 0 radical (unpaired) electrons. The number of carbonyl (C=O) groups excluding carboxylic acids is 2. The van der Waals surface area contributed by atoms with Gasteiger partial charge in [0, 0.05) is 6.54 Å². The van der Waals surface area contributed by atoms with Crippen LogP contribution < -0.4 is 11.0 Å². The predicted molar refractivity (Wildman–Crippen MR) is 142 cm³/mol. The van der Waals surface area contributed by atoms with Crippen LogP contribution in [0.3, 0.4) is 0 Å². The second-order valence-corrected chi connectivity index (χ2v) is 11.5. The van der Waals surface area contributed by atoms with E-state index >= 15 is 0 Å². The number of benzene rings is 1. The first-order chi connectivity index (χ1) is 17.7. The molecule has 2 aromatic rings. The summed E-state index contributed by atoms with van der Waals surface area (Å²) >= 11 is 0. The highest BCUT2D eigenvalue weighted by Gasteiger charge is 2.51. The Kier molecular flexibility index (Phi) is 7.50.